The van der Waals surface area contributed by atoms with Gasteiger partial charge in [0.2, 0.25) is 5.91 Å². The highest BCUT2D eigenvalue weighted by molar-refractivity contribution is 5.85. The molecule has 0 radical (unpaired) electrons. The van der Waals surface area contributed by atoms with Crippen molar-refractivity contribution in [2.75, 3.05) is 26.8 Å². The monoisotopic (exact) mass is 250 g/mol. The zero-order valence-corrected chi connectivity index (χ0v) is 11.1. The fraction of sp³-hybridized carbons (Fsp3) is 0.909. The third-order valence-electron chi connectivity index (χ3n) is 3.12. The van der Waals surface area contributed by atoms with Crippen LogP contribution in [0.2, 0.25) is 0 Å². The molecular formula is C11H23ClN2O2. The number of ether oxygens (including phenoxy) is 1. The van der Waals surface area contributed by atoms with E-state index in [4.69, 9.17) is 10.5 Å². The number of hydrogen-bond donors (Lipinski definition) is 1. The summed E-state index contributed by atoms with van der Waals surface area (Å²) in [5.41, 5.74) is 5.63. The Labute approximate surface area is 104 Å². The van der Waals surface area contributed by atoms with Crippen LogP contribution in [-0.2, 0) is 9.53 Å². The van der Waals surface area contributed by atoms with E-state index < -0.39 is 0 Å². The van der Waals surface area contributed by atoms with Crippen LogP contribution in [0.5, 0.6) is 0 Å². The molecule has 1 saturated heterocycles. The molecule has 0 bridgehead atoms. The van der Waals surface area contributed by atoms with Crippen LogP contribution in [0.15, 0.2) is 0 Å². The summed E-state index contributed by atoms with van der Waals surface area (Å²) in [6, 6.07) is 0.324. The molecule has 0 aliphatic carbocycles. The third-order valence-corrected chi connectivity index (χ3v) is 3.12. The van der Waals surface area contributed by atoms with E-state index >= 15 is 0 Å². The molecule has 3 atom stereocenters. The first kappa shape index (κ1) is 15.7. The van der Waals surface area contributed by atoms with E-state index in [9.17, 15) is 4.79 Å². The average Bonchev–Trinajstić information content (AvgIpc) is 2.59. The molecule has 1 amide bonds. The summed E-state index contributed by atoms with van der Waals surface area (Å²) in [5, 5.41) is 0. The lowest BCUT2D eigenvalue weighted by atomic mass is 10.1. The molecule has 1 fully saturated rings. The Kier molecular flexibility index (Phi) is 6.95. The van der Waals surface area contributed by atoms with Gasteiger partial charge in [0.25, 0.3) is 0 Å². The molecule has 1 rings (SSSR count). The number of halogens is 1. The predicted octanol–water partition coefficient (Wildman–Crippen LogP) is 0.886. The summed E-state index contributed by atoms with van der Waals surface area (Å²) in [6.45, 7) is 5.98. The van der Waals surface area contributed by atoms with Gasteiger partial charge < -0.3 is 15.4 Å². The topological polar surface area (TPSA) is 55.6 Å². The molecule has 0 aromatic rings. The Balaban J connectivity index is 0.00000225. The Hall–Kier alpha value is -0.320. The minimum Gasteiger partial charge on any atom is -0.384 e. The third kappa shape index (κ3) is 3.61. The highest BCUT2D eigenvalue weighted by Gasteiger charge is 2.33. The molecule has 0 saturated carbocycles. The Bertz CT molecular complexity index is 226. The number of amides is 1. The number of rotatable bonds is 4. The Morgan fingerprint density at radius 2 is 2.25 bits per heavy atom. The molecule has 2 N–H and O–H groups in total. The molecule has 16 heavy (non-hydrogen) atoms. The Morgan fingerprint density at radius 3 is 2.69 bits per heavy atom. The number of likely N-dealkylation sites (tertiary alicyclic amines) is 1. The summed E-state index contributed by atoms with van der Waals surface area (Å²) in [5.74, 6) is 0.618. The second kappa shape index (κ2) is 7.09. The summed E-state index contributed by atoms with van der Waals surface area (Å²) < 4.78 is 5.00. The lowest BCUT2D eigenvalue weighted by Gasteiger charge is -2.24. The minimum absolute atomic E-state index is 0. The van der Waals surface area contributed by atoms with Gasteiger partial charge >= 0.3 is 0 Å². The van der Waals surface area contributed by atoms with E-state index in [1.807, 2.05) is 11.8 Å². The second-order valence-corrected chi connectivity index (χ2v) is 4.53. The van der Waals surface area contributed by atoms with E-state index in [2.05, 4.69) is 6.92 Å². The molecule has 0 aromatic heterocycles. The molecular weight excluding hydrogens is 228 g/mol. The number of carbonyl (C=O) groups excluding carboxylic acids is 1. The fourth-order valence-electron chi connectivity index (χ4n) is 2.22. The van der Waals surface area contributed by atoms with Crippen molar-refractivity contribution in [1.82, 2.24) is 4.90 Å². The zero-order chi connectivity index (χ0) is 11.4. The number of nitrogens with zero attached hydrogens (tertiary/aromatic N) is 1. The van der Waals surface area contributed by atoms with E-state index in [0.29, 0.717) is 25.1 Å². The van der Waals surface area contributed by atoms with Gasteiger partial charge in [-0.15, -0.1) is 12.4 Å². The molecule has 3 unspecified atom stereocenters. The van der Waals surface area contributed by atoms with Gasteiger partial charge in [0, 0.05) is 19.7 Å². The van der Waals surface area contributed by atoms with Crippen LogP contribution in [0, 0.1) is 11.8 Å². The first-order valence-corrected chi connectivity index (χ1v) is 5.59. The van der Waals surface area contributed by atoms with Gasteiger partial charge in [-0.3, -0.25) is 4.79 Å². The molecule has 4 nitrogen and oxygen atoms in total. The molecule has 1 heterocycles. The maximum Gasteiger partial charge on any atom is 0.227 e. The first-order valence-electron chi connectivity index (χ1n) is 5.59. The Morgan fingerprint density at radius 1 is 1.62 bits per heavy atom. The number of hydrogen-bond acceptors (Lipinski definition) is 3. The quantitative estimate of drug-likeness (QED) is 0.806. The van der Waals surface area contributed by atoms with E-state index in [0.717, 1.165) is 13.0 Å². The molecule has 1 aliphatic heterocycles. The van der Waals surface area contributed by atoms with Gasteiger partial charge in [0.1, 0.15) is 0 Å². The van der Waals surface area contributed by atoms with Gasteiger partial charge in [0.05, 0.1) is 12.5 Å². The predicted molar refractivity (Wildman–Crippen MR) is 66.6 cm³/mol. The fourth-order valence-corrected chi connectivity index (χ4v) is 2.22. The highest BCUT2D eigenvalue weighted by atomic mass is 35.5. The van der Waals surface area contributed by atoms with Gasteiger partial charge in [-0.25, -0.2) is 0 Å². The van der Waals surface area contributed by atoms with Crippen LogP contribution < -0.4 is 5.73 Å². The van der Waals surface area contributed by atoms with Crippen molar-refractivity contribution >= 4 is 18.3 Å². The van der Waals surface area contributed by atoms with Gasteiger partial charge in [-0.1, -0.05) is 6.92 Å². The van der Waals surface area contributed by atoms with Crippen molar-refractivity contribution in [3.8, 4) is 0 Å². The van der Waals surface area contributed by atoms with Crippen LogP contribution in [0.25, 0.3) is 0 Å². The van der Waals surface area contributed by atoms with Gasteiger partial charge in [-0.05, 0) is 25.8 Å². The van der Waals surface area contributed by atoms with Gasteiger partial charge in [0.15, 0.2) is 0 Å². The molecule has 5 heteroatoms. The molecule has 1 aliphatic rings. The summed E-state index contributed by atoms with van der Waals surface area (Å²) in [7, 11) is 1.62. The largest absolute Gasteiger partial charge is 0.384 e. The van der Waals surface area contributed by atoms with Crippen LogP contribution in [0.1, 0.15) is 20.3 Å². The van der Waals surface area contributed by atoms with E-state index in [1.165, 1.54) is 0 Å². The van der Waals surface area contributed by atoms with Crippen LogP contribution >= 0.6 is 12.4 Å². The van der Waals surface area contributed by atoms with E-state index in [1.54, 1.807) is 7.11 Å². The first-order chi connectivity index (χ1) is 7.10. The number of carbonyl (C=O) groups is 1. The van der Waals surface area contributed by atoms with E-state index in [-0.39, 0.29) is 24.2 Å². The van der Waals surface area contributed by atoms with Crippen molar-refractivity contribution < 1.29 is 9.53 Å². The molecule has 96 valence electrons. The normalized spacial score (nSPS) is 26.4. The summed E-state index contributed by atoms with van der Waals surface area (Å²) in [6.07, 6.45) is 1.03. The summed E-state index contributed by atoms with van der Waals surface area (Å²) in [4.78, 5) is 14.0. The standard InChI is InChI=1S/C11H22N2O2.ClH/c1-8(7-15-3)11(14)13-6-10(5-12)4-9(13)2;/h8-10H,4-7,12H2,1-3H3;1H. The smallest absolute Gasteiger partial charge is 0.227 e. The van der Waals surface area contributed by atoms with Crippen LogP contribution in [0.4, 0.5) is 0 Å². The SMILES string of the molecule is COCC(C)C(=O)N1CC(CN)CC1C.Cl. The minimum atomic E-state index is -0.0472. The van der Waals surface area contributed by atoms with Crippen molar-refractivity contribution in [3.05, 3.63) is 0 Å². The zero-order valence-electron chi connectivity index (χ0n) is 10.3. The molecule has 0 spiro atoms. The van der Waals surface area contributed by atoms with Crippen molar-refractivity contribution in [1.29, 1.82) is 0 Å². The lowest BCUT2D eigenvalue weighted by Crippen LogP contribution is -2.39. The van der Waals surface area contributed by atoms with Crippen LogP contribution in [-0.4, -0.2) is 43.7 Å². The summed E-state index contributed by atoms with van der Waals surface area (Å²) >= 11 is 0. The maximum atomic E-state index is 12.0. The van der Waals surface area contributed by atoms with Crippen molar-refractivity contribution in [3.63, 3.8) is 0 Å². The highest BCUT2D eigenvalue weighted by Crippen LogP contribution is 2.23. The average molecular weight is 251 g/mol. The van der Waals surface area contributed by atoms with Crippen LogP contribution in [0.3, 0.4) is 0 Å². The lowest BCUT2D eigenvalue weighted by molar-refractivity contribution is -0.137. The number of nitrogens with two attached hydrogens (primary N) is 1. The second-order valence-electron chi connectivity index (χ2n) is 4.53. The molecule has 0 aromatic carbocycles. The van der Waals surface area contributed by atoms with Crippen molar-refractivity contribution in [2.24, 2.45) is 17.6 Å². The van der Waals surface area contributed by atoms with Crippen molar-refractivity contribution in [2.45, 2.75) is 26.3 Å². The number of methoxy groups -OCH3 is 1. The maximum absolute atomic E-state index is 12.0. The van der Waals surface area contributed by atoms with Gasteiger partial charge in [-0.2, -0.15) is 0 Å².